The SMILES string of the molecule is COCCN=C(N)Nc1cc(C(=O)O)c[nH]c1=O. The molecule has 0 unspecified atom stereocenters. The van der Waals surface area contributed by atoms with Crippen molar-refractivity contribution in [2.45, 2.75) is 0 Å². The lowest BCUT2D eigenvalue weighted by molar-refractivity contribution is 0.0696. The molecule has 0 aliphatic heterocycles. The Morgan fingerprint density at radius 1 is 1.67 bits per heavy atom. The van der Waals surface area contributed by atoms with Crippen molar-refractivity contribution in [2.75, 3.05) is 25.6 Å². The first-order valence-corrected chi connectivity index (χ1v) is 5.06. The van der Waals surface area contributed by atoms with Crippen LogP contribution in [0.25, 0.3) is 0 Å². The number of nitrogens with zero attached hydrogens (tertiary/aromatic N) is 1. The predicted molar refractivity (Wildman–Crippen MR) is 66.0 cm³/mol. The first-order chi connectivity index (χ1) is 8.54. The van der Waals surface area contributed by atoms with Gasteiger partial charge in [0.25, 0.3) is 5.56 Å². The number of carboxylic acid groups (broad SMARTS) is 1. The number of nitrogens with one attached hydrogen (secondary N) is 2. The topological polar surface area (TPSA) is 130 Å². The average molecular weight is 254 g/mol. The Morgan fingerprint density at radius 2 is 2.39 bits per heavy atom. The van der Waals surface area contributed by atoms with Gasteiger partial charge in [0.1, 0.15) is 5.69 Å². The number of aromatic carboxylic acids is 1. The van der Waals surface area contributed by atoms with Gasteiger partial charge in [0.2, 0.25) is 0 Å². The van der Waals surface area contributed by atoms with E-state index in [2.05, 4.69) is 15.3 Å². The molecule has 0 bridgehead atoms. The van der Waals surface area contributed by atoms with Crippen LogP contribution in [-0.2, 0) is 4.74 Å². The van der Waals surface area contributed by atoms with Gasteiger partial charge in [0.15, 0.2) is 5.96 Å². The normalized spacial score (nSPS) is 11.3. The van der Waals surface area contributed by atoms with Gasteiger partial charge in [-0.25, -0.2) is 4.79 Å². The van der Waals surface area contributed by atoms with Crippen LogP contribution in [0.2, 0.25) is 0 Å². The third kappa shape index (κ3) is 3.91. The Balaban J connectivity index is 2.83. The molecule has 0 aromatic carbocycles. The fraction of sp³-hybridized carbons (Fsp3) is 0.300. The Labute approximate surface area is 102 Å². The van der Waals surface area contributed by atoms with Gasteiger partial charge in [-0.1, -0.05) is 0 Å². The first-order valence-electron chi connectivity index (χ1n) is 5.06. The fourth-order valence-electron chi connectivity index (χ4n) is 1.13. The minimum absolute atomic E-state index is 0.0140. The van der Waals surface area contributed by atoms with E-state index in [4.69, 9.17) is 15.6 Å². The fourth-order valence-corrected chi connectivity index (χ4v) is 1.13. The lowest BCUT2D eigenvalue weighted by atomic mass is 10.2. The maximum atomic E-state index is 11.4. The van der Waals surface area contributed by atoms with Crippen molar-refractivity contribution in [2.24, 2.45) is 10.7 Å². The summed E-state index contributed by atoms with van der Waals surface area (Å²) in [7, 11) is 1.53. The molecule has 18 heavy (non-hydrogen) atoms. The molecule has 1 heterocycles. The van der Waals surface area contributed by atoms with Crippen molar-refractivity contribution >= 4 is 17.6 Å². The molecular weight excluding hydrogens is 240 g/mol. The number of hydrogen-bond donors (Lipinski definition) is 4. The number of aromatic amines is 1. The molecule has 8 heteroatoms. The minimum atomic E-state index is -1.15. The van der Waals surface area contributed by atoms with Crippen LogP contribution in [0.3, 0.4) is 0 Å². The summed E-state index contributed by atoms with van der Waals surface area (Å²) in [4.78, 5) is 28.3. The van der Waals surface area contributed by atoms with Crippen molar-refractivity contribution < 1.29 is 14.6 Å². The molecule has 0 atom stereocenters. The van der Waals surface area contributed by atoms with E-state index < -0.39 is 11.5 Å². The maximum Gasteiger partial charge on any atom is 0.337 e. The van der Waals surface area contributed by atoms with Gasteiger partial charge in [-0.05, 0) is 6.07 Å². The number of ether oxygens (including phenoxy) is 1. The summed E-state index contributed by atoms with van der Waals surface area (Å²) in [6, 6.07) is 1.18. The quantitative estimate of drug-likeness (QED) is 0.317. The second kappa shape index (κ2) is 6.40. The van der Waals surface area contributed by atoms with Crippen LogP contribution in [0.5, 0.6) is 0 Å². The van der Waals surface area contributed by atoms with Gasteiger partial charge in [-0.15, -0.1) is 0 Å². The smallest absolute Gasteiger partial charge is 0.337 e. The number of H-pyrrole nitrogens is 1. The Hall–Kier alpha value is -2.35. The van der Waals surface area contributed by atoms with E-state index in [1.807, 2.05) is 0 Å². The number of hydrogen-bond acceptors (Lipinski definition) is 4. The van der Waals surface area contributed by atoms with Gasteiger partial charge >= 0.3 is 5.97 Å². The van der Waals surface area contributed by atoms with E-state index in [-0.39, 0.29) is 17.2 Å². The van der Waals surface area contributed by atoms with E-state index in [1.165, 1.54) is 13.2 Å². The minimum Gasteiger partial charge on any atom is -0.478 e. The van der Waals surface area contributed by atoms with E-state index >= 15 is 0 Å². The molecular formula is C10H14N4O4. The first kappa shape index (κ1) is 13.7. The molecule has 0 amide bonds. The predicted octanol–water partition coefficient (Wildman–Crippen LogP) is -0.554. The van der Waals surface area contributed by atoms with Gasteiger partial charge in [0.05, 0.1) is 18.7 Å². The molecule has 0 spiro atoms. The molecule has 98 valence electrons. The zero-order valence-corrected chi connectivity index (χ0v) is 9.77. The van der Waals surface area contributed by atoms with Gasteiger partial charge in [-0.2, -0.15) is 0 Å². The number of carbonyl (C=O) groups is 1. The standard InChI is InChI=1S/C10H14N4O4/c1-18-3-2-12-10(11)14-7-4-6(9(16)17)5-13-8(7)15/h4-5H,2-3H2,1H3,(H,13,15)(H,16,17)(H3,11,12,14). The number of aromatic nitrogens is 1. The molecule has 0 aliphatic rings. The van der Waals surface area contributed by atoms with Crippen molar-refractivity contribution in [1.29, 1.82) is 0 Å². The summed E-state index contributed by atoms with van der Waals surface area (Å²) in [5, 5.41) is 11.3. The average Bonchev–Trinajstić information content (AvgIpc) is 2.32. The summed E-state index contributed by atoms with van der Waals surface area (Å²) in [6.07, 6.45) is 1.11. The molecule has 1 rings (SSSR count). The number of aliphatic imine (C=N–C) groups is 1. The van der Waals surface area contributed by atoms with E-state index in [0.29, 0.717) is 13.2 Å². The summed E-state index contributed by atoms with van der Waals surface area (Å²) < 4.78 is 4.78. The van der Waals surface area contributed by atoms with Gasteiger partial charge in [0, 0.05) is 13.3 Å². The number of anilines is 1. The van der Waals surface area contributed by atoms with Crippen LogP contribution >= 0.6 is 0 Å². The molecule has 0 radical (unpaired) electrons. The van der Waals surface area contributed by atoms with Crippen molar-refractivity contribution in [3.05, 3.63) is 28.2 Å². The lowest BCUT2D eigenvalue weighted by Gasteiger charge is -2.05. The lowest BCUT2D eigenvalue weighted by Crippen LogP contribution is -2.27. The highest BCUT2D eigenvalue weighted by Gasteiger charge is 2.07. The third-order valence-corrected chi connectivity index (χ3v) is 1.99. The number of guanidine groups is 1. The summed E-state index contributed by atoms with van der Waals surface area (Å²) in [5.41, 5.74) is 5.01. The maximum absolute atomic E-state index is 11.4. The molecule has 1 aromatic rings. The Morgan fingerprint density at radius 3 is 3.00 bits per heavy atom. The highest BCUT2D eigenvalue weighted by molar-refractivity contribution is 5.94. The second-order valence-corrected chi connectivity index (χ2v) is 3.32. The largest absolute Gasteiger partial charge is 0.478 e. The molecule has 5 N–H and O–H groups in total. The molecule has 0 saturated heterocycles. The Bertz CT molecular complexity index is 509. The molecule has 0 aliphatic carbocycles. The van der Waals surface area contributed by atoms with Crippen LogP contribution < -0.4 is 16.6 Å². The monoisotopic (exact) mass is 254 g/mol. The number of carboxylic acids is 1. The molecule has 0 saturated carbocycles. The molecule has 1 aromatic heterocycles. The third-order valence-electron chi connectivity index (χ3n) is 1.99. The molecule has 8 nitrogen and oxygen atoms in total. The number of nitrogens with two attached hydrogens (primary N) is 1. The van der Waals surface area contributed by atoms with Gasteiger partial charge < -0.3 is 25.9 Å². The second-order valence-electron chi connectivity index (χ2n) is 3.32. The van der Waals surface area contributed by atoms with E-state index in [0.717, 1.165) is 6.20 Å². The van der Waals surface area contributed by atoms with Crippen molar-refractivity contribution in [3.8, 4) is 0 Å². The van der Waals surface area contributed by atoms with Crippen molar-refractivity contribution in [3.63, 3.8) is 0 Å². The molecule has 0 fully saturated rings. The van der Waals surface area contributed by atoms with Gasteiger partial charge in [-0.3, -0.25) is 9.79 Å². The van der Waals surface area contributed by atoms with Crippen LogP contribution in [0.4, 0.5) is 5.69 Å². The van der Waals surface area contributed by atoms with E-state index in [9.17, 15) is 9.59 Å². The van der Waals surface area contributed by atoms with Crippen LogP contribution in [0, 0.1) is 0 Å². The number of pyridine rings is 1. The highest BCUT2D eigenvalue weighted by Crippen LogP contribution is 2.02. The zero-order valence-electron chi connectivity index (χ0n) is 9.77. The van der Waals surface area contributed by atoms with Crippen molar-refractivity contribution in [1.82, 2.24) is 4.98 Å². The summed E-state index contributed by atoms with van der Waals surface area (Å²) >= 11 is 0. The van der Waals surface area contributed by atoms with Crippen LogP contribution in [0.15, 0.2) is 22.1 Å². The van der Waals surface area contributed by atoms with Crippen LogP contribution in [-0.4, -0.2) is 42.3 Å². The highest BCUT2D eigenvalue weighted by atomic mass is 16.5. The van der Waals surface area contributed by atoms with Crippen LogP contribution in [0.1, 0.15) is 10.4 Å². The summed E-state index contributed by atoms with van der Waals surface area (Å²) in [6.45, 7) is 0.736. The number of methoxy groups -OCH3 is 1. The summed E-state index contributed by atoms with van der Waals surface area (Å²) in [5.74, 6) is -1.13. The Kier molecular flexibility index (Phi) is 4.88. The zero-order chi connectivity index (χ0) is 13.5. The number of rotatable bonds is 5. The van der Waals surface area contributed by atoms with E-state index in [1.54, 1.807) is 0 Å².